The number of aryl methyl sites for hydroxylation is 2. The van der Waals surface area contributed by atoms with Crippen molar-refractivity contribution in [1.82, 2.24) is 20.2 Å². The molecule has 1 heterocycles. The van der Waals surface area contributed by atoms with Crippen molar-refractivity contribution in [3.05, 3.63) is 54.1 Å². The number of rotatable bonds is 11. The number of nitrogens with zero attached hydrogens (tertiary/aromatic N) is 3. The molecule has 0 bridgehead atoms. The highest BCUT2D eigenvalue weighted by atomic mass is 32.2. The van der Waals surface area contributed by atoms with Crippen LogP contribution in [0.5, 0.6) is 0 Å². The molecule has 1 aromatic heterocycles. The first kappa shape index (κ1) is 20.4. The Bertz CT molecular complexity index is 639. The van der Waals surface area contributed by atoms with E-state index in [2.05, 4.69) is 68.0 Å². The molecule has 0 aliphatic rings. The molecule has 0 fully saturated rings. The lowest BCUT2D eigenvalue weighted by atomic mass is 10.1. The fourth-order valence-corrected chi connectivity index (χ4v) is 3.26. The van der Waals surface area contributed by atoms with Gasteiger partial charge in [-0.25, -0.2) is 4.98 Å². The van der Waals surface area contributed by atoms with Gasteiger partial charge in [-0.2, -0.15) is 11.8 Å². The van der Waals surface area contributed by atoms with Crippen LogP contribution < -0.4 is 10.6 Å². The Labute approximate surface area is 161 Å². The summed E-state index contributed by atoms with van der Waals surface area (Å²) in [4.78, 5) is 8.77. The largest absolute Gasteiger partial charge is 0.356 e. The average Bonchev–Trinajstić information content (AvgIpc) is 3.12. The second-order valence-electron chi connectivity index (χ2n) is 6.18. The molecular weight excluding hydrogens is 342 g/mol. The Morgan fingerprint density at radius 2 is 2.00 bits per heavy atom. The first-order chi connectivity index (χ1) is 12.8. The monoisotopic (exact) mass is 373 g/mol. The summed E-state index contributed by atoms with van der Waals surface area (Å²) >= 11 is 1.90. The molecule has 0 unspecified atom stereocenters. The molecule has 26 heavy (non-hydrogen) atoms. The van der Waals surface area contributed by atoms with Crippen LogP contribution in [-0.4, -0.2) is 41.1 Å². The average molecular weight is 374 g/mol. The summed E-state index contributed by atoms with van der Waals surface area (Å²) < 4.78 is 2.22. The Morgan fingerprint density at radius 3 is 2.77 bits per heavy atom. The number of aromatic nitrogens is 2. The molecule has 1 aromatic carbocycles. The maximum Gasteiger partial charge on any atom is 0.191 e. The number of hydrogen-bond donors (Lipinski definition) is 2. The second kappa shape index (κ2) is 12.4. The number of thioether (sulfide) groups is 1. The van der Waals surface area contributed by atoms with Crippen molar-refractivity contribution in [2.75, 3.05) is 25.6 Å². The van der Waals surface area contributed by atoms with Gasteiger partial charge in [-0.15, -0.1) is 0 Å². The highest BCUT2D eigenvalue weighted by Gasteiger charge is 2.04. The van der Waals surface area contributed by atoms with Gasteiger partial charge < -0.3 is 15.2 Å². The normalized spacial score (nSPS) is 11.5. The van der Waals surface area contributed by atoms with E-state index in [1.807, 2.05) is 25.0 Å². The smallest absolute Gasteiger partial charge is 0.191 e. The van der Waals surface area contributed by atoms with Crippen molar-refractivity contribution >= 4 is 17.7 Å². The van der Waals surface area contributed by atoms with Gasteiger partial charge in [-0.1, -0.05) is 30.3 Å². The molecule has 5 nitrogen and oxygen atoms in total. The number of imidazole rings is 1. The molecule has 0 aliphatic heterocycles. The zero-order valence-electron chi connectivity index (χ0n) is 15.9. The maximum absolute atomic E-state index is 4.48. The first-order valence-corrected chi connectivity index (χ1v) is 10.7. The predicted octanol–water partition coefficient (Wildman–Crippen LogP) is 3.32. The van der Waals surface area contributed by atoms with Crippen molar-refractivity contribution < 1.29 is 0 Å². The third-order valence-corrected chi connectivity index (χ3v) is 4.91. The maximum atomic E-state index is 4.48. The van der Waals surface area contributed by atoms with E-state index in [1.54, 1.807) is 0 Å². The van der Waals surface area contributed by atoms with Crippen LogP contribution in [0, 0.1) is 0 Å². The van der Waals surface area contributed by atoms with E-state index in [1.165, 1.54) is 17.7 Å². The standard InChI is InChI=1S/C20H31N5S/c1-21-20(23-12-6-7-16-26-2)24-17-19-22-13-15-25(19)14-8-11-18-9-4-3-5-10-18/h3-5,9-10,13,15H,6-8,11-12,14,16-17H2,1-2H3,(H2,21,23,24). The van der Waals surface area contributed by atoms with Crippen LogP contribution in [0.4, 0.5) is 0 Å². The van der Waals surface area contributed by atoms with E-state index in [-0.39, 0.29) is 0 Å². The summed E-state index contributed by atoms with van der Waals surface area (Å²) in [5.41, 5.74) is 1.39. The Hall–Kier alpha value is -1.95. The van der Waals surface area contributed by atoms with Crippen molar-refractivity contribution in [3.8, 4) is 0 Å². The third-order valence-electron chi connectivity index (χ3n) is 4.21. The van der Waals surface area contributed by atoms with E-state index >= 15 is 0 Å². The van der Waals surface area contributed by atoms with E-state index < -0.39 is 0 Å². The molecule has 2 aromatic rings. The molecule has 2 rings (SSSR count). The number of nitrogens with one attached hydrogen (secondary N) is 2. The van der Waals surface area contributed by atoms with Gasteiger partial charge in [0.15, 0.2) is 5.96 Å². The topological polar surface area (TPSA) is 54.2 Å². The van der Waals surface area contributed by atoms with Crippen molar-refractivity contribution in [3.63, 3.8) is 0 Å². The van der Waals surface area contributed by atoms with Gasteiger partial charge in [0.05, 0.1) is 6.54 Å². The predicted molar refractivity (Wildman–Crippen MR) is 113 cm³/mol. The Kier molecular flexibility index (Phi) is 9.72. The summed E-state index contributed by atoms with van der Waals surface area (Å²) in [7, 11) is 1.81. The van der Waals surface area contributed by atoms with Crippen molar-refractivity contribution in [2.24, 2.45) is 4.99 Å². The highest BCUT2D eigenvalue weighted by molar-refractivity contribution is 7.98. The number of hydrogen-bond acceptors (Lipinski definition) is 3. The minimum Gasteiger partial charge on any atom is -0.356 e. The quantitative estimate of drug-likeness (QED) is 0.360. The molecule has 6 heteroatoms. The van der Waals surface area contributed by atoms with Gasteiger partial charge in [0.2, 0.25) is 0 Å². The van der Waals surface area contributed by atoms with Gasteiger partial charge in [0.25, 0.3) is 0 Å². The van der Waals surface area contributed by atoms with E-state index in [0.29, 0.717) is 6.54 Å². The Morgan fingerprint density at radius 1 is 1.15 bits per heavy atom. The SMILES string of the molecule is CN=C(NCCCCSC)NCc1nccn1CCCc1ccccc1. The fourth-order valence-electron chi connectivity index (χ4n) is 2.77. The molecule has 0 amide bonds. The van der Waals surface area contributed by atoms with E-state index in [0.717, 1.165) is 44.1 Å². The molecule has 142 valence electrons. The van der Waals surface area contributed by atoms with Crippen LogP contribution in [0.3, 0.4) is 0 Å². The van der Waals surface area contributed by atoms with Crippen LogP contribution >= 0.6 is 11.8 Å². The van der Waals surface area contributed by atoms with E-state index in [4.69, 9.17) is 0 Å². The molecule has 2 N–H and O–H groups in total. The van der Waals surface area contributed by atoms with Gasteiger partial charge in [-0.05, 0) is 43.3 Å². The Balaban J connectivity index is 1.71. The fraction of sp³-hybridized carbons (Fsp3) is 0.500. The second-order valence-corrected chi connectivity index (χ2v) is 7.16. The van der Waals surface area contributed by atoms with Gasteiger partial charge >= 0.3 is 0 Å². The van der Waals surface area contributed by atoms with Crippen LogP contribution in [0.2, 0.25) is 0 Å². The summed E-state index contributed by atoms with van der Waals surface area (Å²) in [5.74, 6) is 3.10. The lowest BCUT2D eigenvalue weighted by Gasteiger charge is -2.13. The lowest BCUT2D eigenvalue weighted by molar-refractivity contribution is 0.600. The highest BCUT2D eigenvalue weighted by Crippen LogP contribution is 2.06. The summed E-state index contributed by atoms with van der Waals surface area (Å²) in [6.07, 6.45) is 10.7. The number of aliphatic imine (C=N–C) groups is 1. The molecular formula is C20H31N5S. The number of benzene rings is 1. The molecule has 0 saturated carbocycles. The molecule has 0 radical (unpaired) electrons. The van der Waals surface area contributed by atoms with Gasteiger partial charge in [0.1, 0.15) is 5.82 Å². The van der Waals surface area contributed by atoms with E-state index in [9.17, 15) is 0 Å². The van der Waals surface area contributed by atoms with Crippen molar-refractivity contribution in [1.29, 1.82) is 0 Å². The van der Waals surface area contributed by atoms with Gasteiger partial charge in [0, 0.05) is 32.5 Å². The van der Waals surface area contributed by atoms with Crippen LogP contribution in [0.25, 0.3) is 0 Å². The van der Waals surface area contributed by atoms with Crippen LogP contribution in [0.15, 0.2) is 47.7 Å². The van der Waals surface area contributed by atoms with Crippen LogP contribution in [-0.2, 0) is 19.5 Å². The molecule has 0 spiro atoms. The third kappa shape index (κ3) is 7.52. The molecule has 0 aliphatic carbocycles. The number of guanidine groups is 1. The summed E-state index contributed by atoms with van der Waals surface area (Å²) in [5, 5.41) is 6.73. The van der Waals surface area contributed by atoms with Gasteiger partial charge in [-0.3, -0.25) is 4.99 Å². The zero-order chi connectivity index (χ0) is 18.5. The first-order valence-electron chi connectivity index (χ1n) is 9.31. The zero-order valence-corrected chi connectivity index (χ0v) is 16.8. The summed E-state index contributed by atoms with van der Waals surface area (Å²) in [6.45, 7) is 2.61. The van der Waals surface area contributed by atoms with Crippen molar-refractivity contribution in [2.45, 2.75) is 38.8 Å². The molecule has 0 atom stereocenters. The minimum absolute atomic E-state index is 0.683. The minimum atomic E-state index is 0.683. The number of unbranched alkanes of at least 4 members (excludes halogenated alkanes) is 1. The van der Waals surface area contributed by atoms with Crippen LogP contribution in [0.1, 0.15) is 30.7 Å². The summed E-state index contributed by atoms with van der Waals surface area (Å²) in [6, 6.07) is 10.6. The lowest BCUT2D eigenvalue weighted by Crippen LogP contribution is -2.37. The molecule has 0 saturated heterocycles.